The van der Waals surface area contributed by atoms with E-state index in [1.54, 1.807) is 0 Å². The topological polar surface area (TPSA) is 60.1 Å². The molecule has 0 bridgehead atoms. The first-order chi connectivity index (χ1) is 6.72. The second-order valence-corrected chi connectivity index (χ2v) is 3.78. The second kappa shape index (κ2) is 5.47. The van der Waals surface area contributed by atoms with Gasteiger partial charge in [-0.3, -0.25) is 4.68 Å². The molecular weight excluding hydrogens is 180 g/mol. The minimum atomic E-state index is 0.358. The molecule has 0 radical (unpaired) electrons. The van der Waals surface area contributed by atoms with Gasteiger partial charge >= 0.3 is 0 Å². The molecule has 78 valence electrons. The molecule has 0 amide bonds. The van der Waals surface area contributed by atoms with Gasteiger partial charge in [-0.2, -0.15) is 4.91 Å². The van der Waals surface area contributed by atoms with E-state index in [2.05, 4.69) is 29.3 Å². The monoisotopic (exact) mass is 196 g/mol. The van der Waals surface area contributed by atoms with Crippen LogP contribution >= 0.6 is 0 Å². The highest BCUT2D eigenvalue weighted by Crippen LogP contribution is 2.01. The molecule has 0 fully saturated rings. The molecule has 0 aliphatic heterocycles. The summed E-state index contributed by atoms with van der Waals surface area (Å²) in [6, 6.07) is 0. The summed E-state index contributed by atoms with van der Waals surface area (Å²) in [5, 5.41) is 10.8. The highest BCUT2D eigenvalue weighted by molar-refractivity contribution is 4.92. The number of nitrogens with zero attached hydrogens (tertiary/aromatic N) is 4. The maximum atomic E-state index is 9.85. The average Bonchev–Trinajstić information content (AvgIpc) is 2.52. The van der Waals surface area contributed by atoms with Gasteiger partial charge in [0.2, 0.25) is 0 Å². The Kier molecular flexibility index (Phi) is 4.22. The Morgan fingerprint density at radius 3 is 3.00 bits per heavy atom. The van der Waals surface area contributed by atoms with Gasteiger partial charge in [-0.15, -0.1) is 5.10 Å². The van der Waals surface area contributed by atoms with Crippen molar-refractivity contribution >= 4 is 0 Å². The standard InChI is InChI=1S/C9H16N4O/c1-8(2)6-13-7-9(11-12-13)4-3-5-10-14/h7-8H,3-6H2,1-2H3. The molecule has 1 aromatic heterocycles. The van der Waals surface area contributed by atoms with Crippen LogP contribution in [0.5, 0.6) is 0 Å². The predicted octanol–water partition coefficient (Wildman–Crippen LogP) is 1.63. The fourth-order valence-corrected chi connectivity index (χ4v) is 1.24. The quantitative estimate of drug-likeness (QED) is 0.513. The van der Waals surface area contributed by atoms with E-state index in [0.29, 0.717) is 12.5 Å². The minimum Gasteiger partial charge on any atom is -0.252 e. The third-order valence-electron chi connectivity index (χ3n) is 1.82. The van der Waals surface area contributed by atoms with Crippen LogP contribution in [-0.2, 0) is 13.0 Å². The maximum absolute atomic E-state index is 9.85. The lowest BCUT2D eigenvalue weighted by Crippen LogP contribution is -2.04. The van der Waals surface area contributed by atoms with Crippen molar-refractivity contribution in [2.24, 2.45) is 11.1 Å². The molecule has 1 aromatic rings. The van der Waals surface area contributed by atoms with E-state index in [1.807, 2.05) is 10.9 Å². The van der Waals surface area contributed by atoms with Gasteiger partial charge in [0.15, 0.2) is 0 Å². The van der Waals surface area contributed by atoms with Gasteiger partial charge in [-0.25, -0.2) is 0 Å². The molecule has 0 aliphatic carbocycles. The average molecular weight is 196 g/mol. The van der Waals surface area contributed by atoms with Crippen LogP contribution in [-0.4, -0.2) is 21.5 Å². The molecule has 5 nitrogen and oxygen atoms in total. The smallest absolute Gasteiger partial charge is 0.0827 e. The fourth-order valence-electron chi connectivity index (χ4n) is 1.24. The van der Waals surface area contributed by atoms with Crippen LogP contribution in [0.4, 0.5) is 0 Å². The van der Waals surface area contributed by atoms with E-state index in [1.165, 1.54) is 0 Å². The highest BCUT2D eigenvalue weighted by atomic mass is 16.3. The number of hydrogen-bond donors (Lipinski definition) is 0. The molecule has 14 heavy (non-hydrogen) atoms. The third kappa shape index (κ3) is 3.64. The van der Waals surface area contributed by atoms with Crippen molar-refractivity contribution in [2.75, 3.05) is 6.54 Å². The summed E-state index contributed by atoms with van der Waals surface area (Å²) in [5.74, 6) is 0.571. The van der Waals surface area contributed by atoms with Crippen LogP contribution in [0.25, 0.3) is 0 Å². The van der Waals surface area contributed by atoms with E-state index < -0.39 is 0 Å². The summed E-state index contributed by atoms with van der Waals surface area (Å²) >= 11 is 0. The Bertz CT molecular complexity index is 282. The van der Waals surface area contributed by atoms with Gasteiger partial charge in [0, 0.05) is 12.7 Å². The van der Waals surface area contributed by atoms with Crippen molar-refractivity contribution in [1.29, 1.82) is 0 Å². The molecule has 1 heterocycles. The maximum Gasteiger partial charge on any atom is 0.0827 e. The van der Waals surface area contributed by atoms with Gasteiger partial charge in [0.25, 0.3) is 0 Å². The van der Waals surface area contributed by atoms with Crippen molar-refractivity contribution in [3.05, 3.63) is 16.8 Å². The Balaban J connectivity index is 2.38. The molecule has 1 rings (SSSR count). The van der Waals surface area contributed by atoms with Gasteiger partial charge in [-0.1, -0.05) is 24.2 Å². The van der Waals surface area contributed by atoms with Crippen molar-refractivity contribution in [3.63, 3.8) is 0 Å². The normalized spacial score (nSPS) is 10.8. The summed E-state index contributed by atoms with van der Waals surface area (Å²) in [5.41, 5.74) is 0.939. The highest BCUT2D eigenvalue weighted by Gasteiger charge is 2.02. The third-order valence-corrected chi connectivity index (χ3v) is 1.82. The number of hydrogen-bond acceptors (Lipinski definition) is 4. The fraction of sp³-hybridized carbons (Fsp3) is 0.778. The Morgan fingerprint density at radius 1 is 1.57 bits per heavy atom. The van der Waals surface area contributed by atoms with Gasteiger partial charge < -0.3 is 0 Å². The Labute approximate surface area is 83.5 Å². The number of nitroso groups, excluding NO2 is 1. The molecular formula is C9H16N4O. The van der Waals surface area contributed by atoms with Crippen LogP contribution in [0.3, 0.4) is 0 Å². The first-order valence-electron chi connectivity index (χ1n) is 4.90. The van der Waals surface area contributed by atoms with E-state index in [9.17, 15) is 4.91 Å². The van der Waals surface area contributed by atoms with Crippen molar-refractivity contribution in [1.82, 2.24) is 15.0 Å². The lowest BCUT2D eigenvalue weighted by atomic mass is 10.2. The number of aromatic nitrogens is 3. The number of rotatable bonds is 6. The molecule has 0 spiro atoms. The van der Waals surface area contributed by atoms with Crippen LogP contribution in [0, 0.1) is 10.8 Å². The van der Waals surface area contributed by atoms with Crippen molar-refractivity contribution in [3.8, 4) is 0 Å². The zero-order valence-corrected chi connectivity index (χ0v) is 8.68. The first-order valence-corrected chi connectivity index (χ1v) is 4.90. The minimum absolute atomic E-state index is 0.358. The van der Waals surface area contributed by atoms with Crippen LogP contribution in [0.1, 0.15) is 26.0 Å². The molecule has 0 N–H and O–H groups in total. The number of aryl methyl sites for hydroxylation is 1. The van der Waals surface area contributed by atoms with Gasteiger partial charge in [0.1, 0.15) is 0 Å². The zero-order valence-electron chi connectivity index (χ0n) is 8.68. The van der Waals surface area contributed by atoms with Crippen molar-refractivity contribution in [2.45, 2.75) is 33.2 Å². The second-order valence-electron chi connectivity index (χ2n) is 3.78. The molecule has 0 saturated carbocycles. The van der Waals surface area contributed by atoms with Crippen LogP contribution in [0.2, 0.25) is 0 Å². The van der Waals surface area contributed by atoms with E-state index in [-0.39, 0.29) is 0 Å². The summed E-state index contributed by atoms with van der Waals surface area (Å²) in [4.78, 5) is 9.85. The van der Waals surface area contributed by atoms with Crippen LogP contribution < -0.4 is 0 Å². The van der Waals surface area contributed by atoms with Gasteiger partial charge in [0.05, 0.1) is 12.2 Å². The van der Waals surface area contributed by atoms with E-state index >= 15 is 0 Å². The van der Waals surface area contributed by atoms with E-state index in [0.717, 1.165) is 25.1 Å². The summed E-state index contributed by atoms with van der Waals surface area (Å²) < 4.78 is 1.84. The molecule has 5 heteroatoms. The van der Waals surface area contributed by atoms with Gasteiger partial charge in [-0.05, 0) is 18.8 Å². The largest absolute Gasteiger partial charge is 0.252 e. The van der Waals surface area contributed by atoms with Crippen molar-refractivity contribution < 1.29 is 0 Å². The summed E-state index contributed by atoms with van der Waals surface area (Å²) in [6.07, 6.45) is 3.47. The molecule has 0 saturated heterocycles. The Morgan fingerprint density at radius 2 is 2.36 bits per heavy atom. The van der Waals surface area contributed by atoms with Crippen LogP contribution in [0.15, 0.2) is 11.4 Å². The Hall–Kier alpha value is -1.26. The molecule has 0 aliphatic rings. The molecule has 0 atom stereocenters. The molecule has 0 unspecified atom stereocenters. The SMILES string of the molecule is CC(C)Cn1cc(CCCN=O)nn1. The summed E-state index contributed by atoms with van der Waals surface area (Å²) in [7, 11) is 0. The lowest BCUT2D eigenvalue weighted by molar-refractivity contribution is 0.472. The molecule has 0 aromatic carbocycles. The summed E-state index contributed by atoms with van der Waals surface area (Å²) in [6.45, 7) is 5.52. The van der Waals surface area contributed by atoms with E-state index in [4.69, 9.17) is 0 Å². The zero-order chi connectivity index (χ0) is 10.4. The lowest BCUT2D eigenvalue weighted by Gasteiger charge is -2.01. The predicted molar refractivity (Wildman–Crippen MR) is 53.8 cm³/mol. The first kappa shape index (κ1) is 10.8.